The highest BCUT2D eigenvalue weighted by Gasteiger charge is 2.31. The summed E-state index contributed by atoms with van der Waals surface area (Å²) in [6.07, 6.45) is 0. The highest BCUT2D eigenvalue weighted by molar-refractivity contribution is 6.13. The molecule has 1 heterocycles. The van der Waals surface area contributed by atoms with Crippen molar-refractivity contribution in [2.45, 2.75) is 13.5 Å². The first-order chi connectivity index (χ1) is 14.7. The van der Waals surface area contributed by atoms with Gasteiger partial charge in [0.25, 0.3) is 5.91 Å². The van der Waals surface area contributed by atoms with Crippen LogP contribution < -0.4 is 10.2 Å². The molecule has 4 rings (SSSR count). The lowest BCUT2D eigenvalue weighted by atomic mass is 10.0. The quantitative estimate of drug-likeness (QED) is 0.651. The number of amides is 2. The van der Waals surface area contributed by atoms with Crippen LogP contribution in [0.3, 0.4) is 0 Å². The molecule has 2 N–H and O–H groups in total. The van der Waals surface area contributed by atoms with Crippen molar-refractivity contribution < 1.29 is 28.3 Å². The average Bonchev–Trinajstić information content (AvgIpc) is 3.05. The Balaban J connectivity index is 1.77. The van der Waals surface area contributed by atoms with Gasteiger partial charge in [-0.3, -0.25) is 9.59 Å². The number of carbonyl (C=O) groups is 3. The molecule has 0 bridgehead atoms. The molecule has 1 aliphatic heterocycles. The Hall–Kier alpha value is -4.07. The van der Waals surface area contributed by atoms with Gasteiger partial charge in [0.2, 0.25) is 5.91 Å². The Labute approximate surface area is 175 Å². The SMILES string of the molecule is CC(=O)Nc1ccc2c(c1)C(=O)N(c1cc(-c3ccc(F)c(F)c3)ccc1C(=O)O)C2. The van der Waals surface area contributed by atoms with Crippen LogP contribution in [-0.4, -0.2) is 22.9 Å². The summed E-state index contributed by atoms with van der Waals surface area (Å²) in [6, 6.07) is 12.5. The Morgan fingerprint density at radius 3 is 2.35 bits per heavy atom. The molecule has 3 aromatic rings. The lowest BCUT2D eigenvalue weighted by Gasteiger charge is -2.19. The molecule has 156 valence electrons. The Morgan fingerprint density at radius 1 is 0.968 bits per heavy atom. The maximum Gasteiger partial charge on any atom is 0.337 e. The highest BCUT2D eigenvalue weighted by atomic mass is 19.2. The number of fused-ring (bicyclic) bond motifs is 1. The molecule has 0 saturated heterocycles. The van der Waals surface area contributed by atoms with E-state index in [0.717, 1.165) is 12.1 Å². The van der Waals surface area contributed by atoms with Gasteiger partial charge in [-0.25, -0.2) is 13.6 Å². The van der Waals surface area contributed by atoms with E-state index in [-0.39, 0.29) is 23.7 Å². The van der Waals surface area contributed by atoms with Crippen molar-refractivity contribution in [3.05, 3.63) is 82.9 Å². The van der Waals surface area contributed by atoms with Crippen molar-refractivity contribution >= 4 is 29.2 Å². The highest BCUT2D eigenvalue weighted by Crippen LogP contribution is 2.35. The van der Waals surface area contributed by atoms with Gasteiger partial charge < -0.3 is 15.3 Å². The largest absolute Gasteiger partial charge is 0.478 e. The third-order valence-electron chi connectivity index (χ3n) is 5.01. The van der Waals surface area contributed by atoms with E-state index in [4.69, 9.17) is 0 Å². The normalized spacial score (nSPS) is 12.6. The Kier molecular flexibility index (Phi) is 4.98. The summed E-state index contributed by atoms with van der Waals surface area (Å²) in [5.41, 5.74) is 2.28. The molecule has 8 heteroatoms. The Morgan fingerprint density at radius 2 is 1.68 bits per heavy atom. The van der Waals surface area contributed by atoms with Crippen molar-refractivity contribution in [2.24, 2.45) is 0 Å². The molecular weight excluding hydrogens is 406 g/mol. The number of halogens is 2. The molecule has 0 saturated carbocycles. The number of carboxylic acids is 1. The average molecular weight is 422 g/mol. The summed E-state index contributed by atoms with van der Waals surface area (Å²) in [5.74, 6) is -3.96. The first kappa shape index (κ1) is 20.2. The number of nitrogens with one attached hydrogen (secondary N) is 1. The molecule has 1 aliphatic rings. The third kappa shape index (κ3) is 3.75. The predicted octanol–water partition coefficient (Wildman–Crippen LogP) is 4.45. The molecule has 0 unspecified atom stereocenters. The van der Waals surface area contributed by atoms with E-state index in [1.165, 1.54) is 36.1 Å². The van der Waals surface area contributed by atoms with E-state index in [9.17, 15) is 28.3 Å². The lowest BCUT2D eigenvalue weighted by Crippen LogP contribution is -2.25. The first-order valence-electron chi connectivity index (χ1n) is 9.30. The van der Waals surface area contributed by atoms with Crippen molar-refractivity contribution in [3.8, 4) is 11.1 Å². The number of hydrogen-bond acceptors (Lipinski definition) is 3. The summed E-state index contributed by atoms with van der Waals surface area (Å²) in [7, 11) is 0. The lowest BCUT2D eigenvalue weighted by molar-refractivity contribution is -0.114. The van der Waals surface area contributed by atoms with Crippen LogP contribution in [0.25, 0.3) is 11.1 Å². The first-order valence-corrected chi connectivity index (χ1v) is 9.30. The molecule has 0 spiro atoms. The molecule has 0 aromatic heterocycles. The van der Waals surface area contributed by atoms with E-state index in [2.05, 4.69) is 5.32 Å². The molecule has 0 aliphatic carbocycles. The van der Waals surface area contributed by atoms with E-state index in [1.807, 2.05) is 0 Å². The van der Waals surface area contributed by atoms with Crippen LogP contribution in [0.4, 0.5) is 20.2 Å². The van der Waals surface area contributed by atoms with Gasteiger partial charge in [-0.2, -0.15) is 0 Å². The topological polar surface area (TPSA) is 86.7 Å². The maximum absolute atomic E-state index is 13.7. The third-order valence-corrected chi connectivity index (χ3v) is 5.01. The monoisotopic (exact) mass is 422 g/mol. The van der Waals surface area contributed by atoms with Crippen LogP contribution in [0.5, 0.6) is 0 Å². The molecule has 3 aromatic carbocycles. The zero-order valence-corrected chi connectivity index (χ0v) is 16.3. The zero-order valence-electron chi connectivity index (χ0n) is 16.3. The van der Waals surface area contributed by atoms with Gasteiger partial charge in [0, 0.05) is 18.2 Å². The Bertz CT molecular complexity index is 1260. The minimum atomic E-state index is -1.23. The number of carbonyl (C=O) groups excluding carboxylic acids is 2. The molecular formula is C23H16F2N2O4. The fourth-order valence-corrected chi connectivity index (χ4v) is 3.57. The van der Waals surface area contributed by atoms with Gasteiger partial charge in [-0.1, -0.05) is 18.2 Å². The second kappa shape index (κ2) is 7.64. The van der Waals surface area contributed by atoms with Crippen LogP contribution >= 0.6 is 0 Å². The minimum Gasteiger partial charge on any atom is -0.478 e. The number of nitrogens with zero attached hydrogens (tertiary/aromatic N) is 1. The van der Waals surface area contributed by atoms with Gasteiger partial charge in [-0.15, -0.1) is 0 Å². The summed E-state index contributed by atoms with van der Waals surface area (Å²) in [4.78, 5) is 37.5. The van der Waals surface area contributed by atoms with Crippen molar-refractivity contribution in [1.29, 1.82) is 0 Å². The van der Waals surface area contributed by atoms with Gasteiger partial charge in [0.15, 0.2) is 11.6 Å². The standard InChI is InChI=1S/C23H16F2N2O4/c1-12(28)26-16-5-2-15-11-27(22(29)18(15)10-16)21-9-14(3-6-17(21)23(30)31)13-4-7-19(24)20(25)8-13/h2-10H,11H2,1H3,(H,26,28)(H,30,31). The second-order valence-corrected chi connectivity index (χ2v) is 7.11. The smallest absolute Gasteiger partial charge is 0.337 e. The fourth-order valence-electron chi connectivity index (χ4n) is 3.57. The molecule has 31 heavy (non-hydrogen) atoms. The van der Waals surface area contributed by atoms with Crippen LogP contribution in [-0.2, 0) is 11.3 Å². The number of rotatable bonds is 4. The van der Waals surface area contributed by atoms with E-state index in [1.54, 1.807) is 18.2 Å². The van der Waals surface area contributed by atoms with Gasteiger partial charge >= 0.3 is 5.97 Å². The van der Waals surface area contributed by atoms with E-state index >= 15 is 0 Å². The number of hydrogen-bond donors (Lipinski definition) is 2. The number of benzene rings is 3. The fraction of sp³-hybridized carbons (Fsp3) is 0.0870. The van der Waals surface area contributed by atoms with Crippen molar-refractivity contribution in [3.63, 3.8) is 0 Å². The van der Waals surface area contributed by atoms with Crippen molar-refractivity contribution in [1.82, 2.24) is 0 Å². The molecule has 2 amide bonds. The number of aromatic carboxylic acids is 1. The predicted molar refractivity (Wildman–Crippen MR) is 110 cm³/mol. The number of carboxylic acid groups (broad SMARTS) is 1. The minimum absolute atomic E-state index is 0.102. The maximum atomic E-state index is 13.7. The van der Waals surface area contributed by atoms with Crippen LogP contribution in [0.2, 0.25) is 0 Å². The van der Waals surface area contributed by atoms with Gasteiger partial charge in [0.05, 0.1) is 17.8 Å². The number of anilines is 2. The summed E-state index contributed by atoms with van der Waals surface area (Å²) >= 11 is 0. The summed E-state index contributed by atoms with van der Waals surface area (Å²) in [5, 5.41) is 12.2. The van der Waals surface area contributed by atoms with Gasteiger partial charge in [-0.05, 0) is 53.1 Å². The molecule has 0 fully saturated rings. The summed E-state index contributed by atoms with van der Waals surface area (Å²) < 4.78 is 27.0. The van der Waals surface area contributed by atoms with Crippen LogP contribution in [0, 0.1) is 11.6 Å². The second-order valence-electron chi connectivity index (χ2n) is 7.11. The van der Waals surface area contributed by atoms with E-state index in [0.29, 0.717) is 27.9 Å². The van der Waals surface area contributed by atoms with Gasteiger partial charge in [0.1, 0.15) is 0 Å². The molecule has 0 radical (unpaired) electrons. The summed E-state index contributed by atoms with van der Waals surface area (Å²) in [6.45, 7) is 1.49. The van der Waals surface area contributed by atoms with Crippen LogP contribution in [0.1, 0.15) is 33.2 Å². The molecule has 0 atom stereocenters. The van der Waals surface area contributed by atoms with Crippen molar-refractivity contribution in [2.75, 3.05) is 10.2 Å². The van der Waals surface area contributed by atoms with Crippen LogP contribution in [0.15, 0.2) is 54.6 Å². The molecule has 6 nitrogen and oxygen atoms in total. The zero-order chi connectivity index (χ0) is 22.3. The van der Waals surface area contributed by atoms with E-state index < -0.39 is 23.5 Å².